The van der Waals surface area contributed by atoms with Crippen LogP contribution in [0.1, 0.15) is 35.6 Å². The number of hydrogen-bond acceptors (Lipinski definition) is 3. The van der Waals surface area contributed by atoms with Gasteiger partial charge in [0.05, 0.1) is 6.54 Å². The number of aryl methyl sites for hydroxylation is 1. The number of nitrogens with one attached hydrogen (secondary N) is 1. The van der Waals surface area contributed by atoms with Crippen LogP contribution in [-0.2, 0) is 17.9 Å². The van der Waals surface area contributed by atoms with Gasteiger partial charge < -0.3 is 15.1 Å². The number of carbonyl (C=O) groups excluding carboxylic acids is 2. The number of thiophene rings is 1. The molecule has 2 aromatic rings. The van der Waals surface area contributed by atoms with Crippen LogP contribution < -0.4 is 5.32 Å². The Kier molecular flexibility index (Phi) is 8.44. The molecule has 0 aliphatic carbocycles. The van der Waals surface area contributed by atoms with E-state index in [0.29, 0.717) is 26.2 Å². The Hall–Kier alpha value is -2.41. The zero-order valence-electron chi connectivity index (χ0n) is 16.7. The fourth-order valence-electron chi connectivity index (χ4n) is 2.85. The van der Waals surface area contributed by atoms with E-state index >= 15 is 0 Å². The van der Waals surface area contributed by atoms with E-state index in [-0.39, 0.29) is 24.3 Å². The molecule has 0 unspecified atom stereocenters. The van der Waals surface area contributed by atoms with Crippen molar-refractivity contribution < 1.29 is 14.0 Å². The van der Waals surface area contributed by atoms with E-state index in [1.807, 2.05) is 32.9 Å². The summed E-state index contributed by atoms with van der Waals surface area (Å²) in [4.78, 5) is 30.8. The number of amides is 3. The molecule has 0 aliphatic rings. The van der Waals surface area contributed by atoms with Crippen LogP contribution in [0.3, 0.4) is 0 Å². The first-order valence-electron chi connectivity index (χ1n) is 9.53. The standard InChI is InChI=1S/C21H28FN3O2S/c1-4-12-24(21(27)23-5-2)15-20(26)25(14-19-11-6-16(3)28-19)13-17-7-9-18(22)10-8-17/h6-11H,4-5,12-15H2,1-3H3,(H,23,27). The summed E-state index contributed by atoms with van der Waals surface area (Å²) in [6, 6.07) is 9.96. The van der Waals surface area contributed by atoms with Crippen molar-refractivity contribution in [3.05, 3.63) is 57.5 Å². The molecule has 0 atom stereocenters. The van der Waals surface area contributed by atoms with Gasteiger partial charge in [-0.25, -0.2) is 9.18 Å². The summed E-state index contributed by atoms with van der Waals surface area (Å²) in [7, 11) is 0. The van der Waals surface area contributed by atoms with Gasteiger partial charge >= 0.3 is 6.03 Å². The number of nitrogens with zero attached hydrogens (tertiary/aromatic N) is 2. The highest BCUT2D eigenvalue weighted by atomic mass is 32.1. The lowest BCUT2D eigenvalue weighted by Gasteiger charge is -2.27. The summed E-state index contributed by atoms with van der Waals surface area (Å²) in [5, 5.41) is 2.76. The molecule has 28 heavy (non-hydrogen) atoms. The van der Waals surface area contributed by atoms with Gasteiger partial charge in [-0.3, -0.25) is 4.79 Å². The van der Waals surface area contributed by atoms with Crippen molar-refractivity contribution in [1.82, 2.24) is 15.1 Å². The van der Waals surface area contributed by atoms with Gasteiger partial charge in [0.1, 0.15) is 12.4 Å². The smallest absolute Gasteiger partial charge is 0.317 e. The average molecular weight is 406 g/mol. The van der Waals surface area contributed by atoms with E-state index in [2.05, 4.69) is 5.32 Å². The van der Waals surface area contributed by atoms with Crippen molar-refractivity contribution in [1.29, 1.82) is 0 Å². The number of urea groups is 1. The Morgan fingerprint density at radius 3 is 2.32 bits per heavy atom. The van der Waals surface area contributed by atoms with Gasteiger partial charge in [0.2, 0.25) is 5.91 Å². The summed E-state index contributed by atoms with van der Waals surface area (Å²) < 4.78 is 13.2. The molecule has 152 valence electrons. The number of carbonyl (C=O) groups is 2. The molecule has 7 heteroatoms. The molecular formula is C21H28FN3O2S. The van der Waals surface area contributed by atoms with Crippen LogP contribution in [0.4, 0.5) is 9.18 Å². The van der Waals surface area contributed by atoms with Crippen molar-refractivity contribution in [3.8, 4) is 0 Å². The fourth-order valence-corrected chi connectivity index (χ4v) is 3.76. The van der Waals surface area contributed by atoms with Gasteiger partial charge in [-0.05, 0) is 50.1 Å². The second-order valence-corrected chi connectivity index (χ2v) is 8.02. The second kappa shape index (κ2) is 10.8. The molecule has 0 bridgehead atoms. The molecule has 1 N–H and O–H groups in total. The van der Waals surface area contributed by atoms with E-state index in [1.54, 1.807) is 33.3 Å². The van der Waals surface area contributed by atoms with Crippen molar-refractivity contribution in [3.63, 3.8) is 0 Å². The zero-order valence-corrected chi connectivity index (χ0v) is 17.5. The first-order valence-corrected chi connectivity index (χ1v) is 10.3. The highest BCUT2D eigenvalue weighted by molar-refractivity contribution is 7.11. The third-order valence-corrected chi connectivity index (χ3v) is 5.20. The van der Waals surface area contributed by atoms with E-state index < -0.39 is 0 Å². The Morgan fingerprint density at radius 2 is 1.75 bits per heavy atom. The molecule has 0 fully saturated rings. The predicted molar refractivity (Wildman–Crippen MR) is 111 cm³/mol. The number of halogens is 1. The number of benzene rings is 1. The Balaban J connectivity index is 2.16. The summed E-state index contributed by atoms with van der Waals surface area (Å²) in [5.41, 5.74) is 0.850. The first kappa shape index (κ1) is 21.9. The van der Waals surface area contributed by atoms with Crippen molar-refractivity contribution >= 4 is 23.3 Å². The lowest BCUT2D eigenvalue weighted by atomic mass is 10.2. The molecule has 0 aliphatic heterocycles. The molecule has 0 radical (unpaired) electrons. The summed E-state index contributed by atoms with van der Waals surface area (Å²) >= 11 is 1.64. The van der Waals surface area contributed by atoms with Crippen molar-refractivity contribution in [2.24, 2.45) is 0 Å². The van der Waals surface area contributed by atoms with Crippen LogP contribution >= 0.6 is 11.3 Å². The predicted octanol–water partition coefficient (Wildman–Crippen LogP) is 4.17. The minimum absolute atomic E-state index is 0.0191. The molecular weight excluding hydrogens is 377 g/mol. The topological polar surface area (TPSA) is 52.7 Å². The zero-order chi connectivity index (χ0) is 20.5. The minimum atomic E-state index is -0.305. The molecule has 0 saturated carbocycles. The highest BCUT2D eigenvalue weighted by Crippen LogP contribution is 2.19. The van der Waals surface area contributed by atoms with Crippen molar-refractivity contribution in [2.45, 2.75) is 40.3 Å². The molecule has 1 heterocycles. The lowest BCUT2D eigenvalue weighted by Crippen LogP contribution is -2.46. The SMILES string of the molecule is CCCN(CC(=O)N(Cc1ccc(F)cc1)Cc1ccc(C)s1)C(=O)NCC. The maximum Gasteiger partial charge on any atom is 0.317 e. The average Bonchev–Trinajstić information content (AvgIpc) is 3.07. The molecule has 3 amide bonds. The quantitative estimate of drug-likeness (QED) is 0.681. The van der Waals surface area contributed by atoms with Crippen LogP contribution in [0.2, 0.25) is 0 Å². The summed E-state index contributed by atoms with van der Waals surface area (Å²) in [6.07, 6.45) is 0.770. The van der Waals surface area contributed by atoms with E-state index in [9.17, 15) is 14.0 Å². The molecule has 0 spiro atoms. The van der Waals surface area contributed by atoms with Crippen LogP contribution in [0.25, 0.3) is 0 Å². The first-order chi connectivity index (χ1) is 13.4. The normalized spacial score (nSPS) is 10.6. The van der Waals surface area contributed by atoms with Gasteiger partial charge in [0.15, 0.2) is 0 Å². The summed E-state index contributed by atoms with van der Waals surface area (Å²) in [5.74, 6) is -0.434. The Bertz CT molecular complexity index is 776. The third-order valence-electron chi connectivity index (χ3n) is 4.22. The van der Waals surface area contributed by atoms with E-state index in [0.717, 1.165) is 16.9 Å². The van der Waals surface area contributed by atoms with Crippen LogP contribution in [-0.4, -0.2) is 41.4 Å². The lowest BCUT2D eigenvalue weighted by molar-refractivity contribution is -0.133. The van der Waals surface area contributed by atoms with Gasteiger partial charge in [0, 0.05) is 29.4 Å². The van der Waals surface area contributed by atoms with Crippen molar-refractivity contribution in [2.75, 3.05) is 19.6 Å². The van der Waals surface area contributed by atoms with Gasteiger partial charge in [0.25, 0.3) is 0 Å². The minimum Gasteiger partial charge on any atom is -0.338 e. The third kappa shape index (κ3) is 6.64. The molecule has 0 saturated heterocycles. The Labute approximate surface area is 170 Å². The van der Waals surface area contributed by atoms with Gasteiger partial charge in [-0.1, -0.05) is 19.1 Å². The van der Waals surface area contributed by atoms with Gasteiger partial charge in [-0.2, -0.15) is 0 Å². The highest BCUT2D eigenvalue weighted by Gasteiger charge is 2.21. The van der Waals surface area contributed by atoms with E-state index in [4.69, 9.17) is 0 Å². The monoisotopic (exact) mass is 405 g/mol. The van der Waals surface area contributed by atoms with Gasteiger partial charge in [-0.15, -0.1) is 11.3 Å². The number of rotatable bonds is 9. The molecule has 1 aromatic carbocycles. The van der Waals surface area contributed by atoms with E-state index in [1.165, 1.54) is 17.0 Å². The Morgan fingerprint density at radius 1 is 1.04 bits per heavy atom. The largest absolute Gasteiger partial charge is 0.338 e. The number of hydrogen-bond donors (Lipinski definition) is 1. The van der Waals surface area contributed by atoms with Crippen LogP contribution in [0, 0.1) is 12.7 Å². The van der Waals surface area contributed by atoms with Crippen LogP contribution in [0.5, 0.6) is 0 Å². The molecule has 5 nitrogen and oxygen atoms in total. The molecule has 2 rings (SSSR count). The second-order valence-electron chi connectivity index (χ2n) is 6.65. The maximum absolute atomic E-state index is 13.2. The maximum atomic E-state index is 13.2. The van der Waals surface area contributed by atoms with Crippen LogP contribution in [0.15, 0.2) is 36.4 Å². The fraction of sp³-hybridized carbons (Fsp3) is 0.429. The summed E-state index contributed by atoms with van der Waals surface area (Å²) in [6.45, 7) is 7.73. The molecule has 1 aromatic heterocycles.